The van der Waals surface area contributed by atoms with Gasteiger partial charge in [-0.1, -0.05) is 97.1 Å². The molecule has 7 nitrogen and oxygen atoms in total. The predicted octanol–water partition coefficient (Wildman–Crippen LogP) is 6.63. The lowest BCUT2D eigenvalue weighted by molar-refractivity contribution is -0.133. The van der Waals surface area contributed by atoms with Gasteiger partial charge in [-0.2, -0.15) is 0 Å². The van der Waals surface area contributed by atoms with E-state index in [4.69, 9.17) is 14.2 Å². The van der Waals surface area contributed by atoms with E-state index < -0.39 is 12.1 Å². The molecular weight excluding hydrogens is 540 g/mol. The normalized spacial score (nSPS) is 11.2. The lowest BCUT2D eigenvalue weighted by Gasteiger charge is -2.15. The van der Waals surface area contributed by atoms with Gasteiger partial charge < -0.3 is 24.4 Å². The Kier molecular flexibility index (Phi) is 11.9. The van der Waals surface area contributed by atoms with Crippen molar-refractivity contribution in [3.8, 4) is 11.5 Å². The molecule has 43 heavy (non-hydrogen) atoms. The molecule has 0 unspecified atom stereocenters. The van der Waals surface area contributed by atoms with Crippen molar-refractivity contribution < 1.29 is 23.8 Å². The van der Waals surface area contributed by atoms with Crippen LogP contribution in [0.3, 0.4) is 0 Å². The Hall–Kier alpha value is -4.88. The predicted molar refractivity (Wildman–Crippen MR) is 170 cm³/mol. The molecule has 0 heterocycles. The lowest BCUT2D eigenvalue weighted by atomic mass is 9.96. The van der Waals surface area contributed by atoms with E-state index in [0.717, 1.165) is 41.8 Å². The summed E-state index contributed by atoms with van der Waals surface area (Å²) < 4.78 is 16.6. The first kappa shape index (κ1) is 31.1. The summed E-state index contributed by atoms with van der Waals surface area (Å²) in [6.45, 7) is 1.32. The highest BCUT2D eigenvalue weighted by Crippen LogP contribution is 2.27. The smallest absolute Gasteiger partial charge is 0.407 e. The molecule has 0 bridgehead atoms. The Morgan fingerprint density at radius 2 is 1.49 bits per heavy atom. The molecule has 1 N–H and O–H groups in total. The van der Waals surface area contributed by atoms with E-state index in [1.807, 2.05) is 93.0 Å². The first-order valence-corrected chi connectivity index (χ1v) is 14.3. The largest absolute Gasteiger partial charge is 0.492 e. The fourth-order valence-corrected chi connectivity index (χ4v) is 4.33. The molecular formula is C36H38N2O5. The van der Waals surface area contributed by atoms with Crippen LogP contribution in [-0.2, 0) is 22.6 Å². The van der Waals surface area contributed by atoms with Gasteiger partial charge in [0, 0.05) is 6.54 Å². The average molecular weight is 579 g/mol. The molecule has 4 aromatic carbocycles. The zero-order chi connectivity index (χ0) is 30.3. The topological polar surface area (TPSA) is 77.1 Å². The van der Waals surface area contributed by atoms with Crippen LogP contribution in [-0.4, -0.2) is 50.8 Å². The molecule has 0 aliphatic rings. The molecule has 1 amide bonds. The number of aryl methyl sites for hydroxylation is 1. The number of alkyl carbamates (subject to hydrolysis) is 1. The number of esters is 1. The van der Waals surface area contributed by atoms with Crippen molar-refractivity contribution in [2.24, 2.45) is 0 Å². The number of hydrogen-bond donors (Lipinski definition) is 1. The van der Waals surface area contributed by atoms with Gasteiger partial charge in [0.2, 0.25) is 0 Å². The molecule has 0 aliphatic heterocycles. The number of hydrogen-bond acceptors (Lipinski definition) is 6. The quantitative estimate of drug-likeness (QED) is 0.103. The number of para-hydroxylation sites is 1. The second-order valence-electron chi connectivity index (χ2n) is 10.3. The Labute approximate surface area is 253 Å². The summed E-state index contributed by atoms with van der Waals surface area (Å²) in [5, 5.41) is 2.42. The minimum atomic E-state index is -0.683. The maximum Gasteiger partial charge on any atom is 0.407 e. The van der Waals surface area contributed by atoms with Gasteiger partial charge in [0.25, 0.3) is 0 Å². The Morgan fingerprint density at radius 3 is 2.21 bits per heavy atom. The fourth-order valence-electron chi connectivity index (χ4n) is 4.33. The number of carbonyl (C=O) groups is 2. The monoisotopic (exact) mass is 578 g/mol. The lowest BCUT2D eigenvalue weighted by Crippen LogP contribution is -2.32. The van der Waals surface area contributed by atoms with Crippen molar-refractivity contribution in [1.82, 2.24) is 10.2 Å². The molecule has 4 rings (SSSR count). The van der Waals surface area contributed by atoms with Crippen molar-refractivity contribution in [1.29, 1.82) is 0 Å². The third-order valence-corrected chi connectivity index (χ3v) is 6.62. The van der Waals surface area contributed by atoms with Gasteiger partial charge in [0.05, 0.1) is 0 Å². The number of benzene rings is 4. The summed E-state index contributed by atoms with van der Waals surface area (Å²) in [4.78, 5) is 26.3. The summed E-state index contributed by atoms with van der Waals surface area (Å²) in [6, 6.07) is 35.1. The van der Waals surface area contributed by atoms with Gasteiger partial charge in [-0.3, -0.25) is 0 Å². The van der Waals surface area contributed by atoms with Crippen LogP contribution in [0.5, 0.6) is 11.5 Å². The van der Waals surface area contributed by atoms with Crippen LogP contribution in [0.4, 0.5) is 4.79 Å². The van der Waals surface area contributed by atoms with Gasteiger partial charge in [0.15, 0.2) is 0 Å². The maximum atomic E-state index is 12.3. The second-order valence-corrected chi connectivity index (χ2v) is 10.3. The minimum Gasteiger partial charge on any atom is -0.492 e. The number of likely N-dealkylation sites (N-methyl/N-ethyl adjacent to an activating group) is 1. The highest BCUT2D eigenvalue weighted by atomic mass is 16.6. The first-order valence-electron chi connectivity index (χ1n) is 14.3. The maximum absolute atomic E-state index is 12.3. The highest BCUT2D eigenvalue weighted by Gasteiger charge is 2.10. The van der Waals surface area contributed by atoms with E-state index in [0.29, 0.717) is 12.4 Å². The number of allylic oxidation sites excluding steroid dienone is 1. The van der Waals surface area contributed by atoms with Crippen LogP contribution in [0, 0.1) is 0 Å². The van der Waals surface area contributed by atoms with Crippen molar-refractivity contribution in [2.75, 3.05) is 33.8 Å². The summed E-state index contributed by atoms with van der Waals surface area (Å²) in [7, 11) is 4.07. The SMILES string of the molecule is CN(C)CCOc1ccccc1CCC(=Cc1ccc(OC(=O)CNC(=O)OCc2ccccc2)cc1)c1ccccc1. The number of ether oxygens (including phenoxy) is 3. The van der Waals surface area contributed by atoms with Gasteiger partial charge in [-0.25, -0.2) is 9.59 Å². The third-order valence-electron chi connectivity index (χ3n) is 6.62. The molecule has 7 heteroatoms. The molecule has 222 valence electrons. The van der Waals surface area contributed by atoms with Gasteiger partial charge in [0.1, 0.15) is 31.3 Å². The van der Waals surface area contributed by atoms with Gasteiger partial charge in [-0.05, 0) is 73.0 Å². The minimum absolute atomic E-state index is 0.124. The van der Waals surface area contributed by atoms with Crippen molar-refractivity contribution in [3.63, 3.8) is 0 Å². The molecule has 0 saturated heterocycles. The van der Waals surface area contributed by atoms with Crippen LogP contribution in [0.15, 0.2) is 109 Å². The number of carbonyl (C=O) groups excluding carboxylic acids is 2. The summed E-state index contributed by atoms with van der Waals surface area (Å²) in [6.07, 6.45) is 3.12. The Morgan fingerprint density at radius 1 is 0.814 bits per heavy atom. The standard InChI is InChI=1S/C36H38N2O5/c1-38(2)23-24-41-34-16-10-9-15-31(34)19-20-32(30-13-7-4-8-14-30)25-28-17-21-33(22-18-28)43-35(39)26-37-36(40)42-27-29-11-5-3-6-12-29/h3-18,21-22,25H,19-20,23-24,26-27H2,1-2H3,(H,37,40). The van der Waals surface area contributed by atoms with E-state index in [1.54, 1.807) is 12.1 Å². The Bertz CT molecular complexity index is 1470. The molecule has 0 aromatic heterocycles. The number of nitrogens with one attached hydrogen (secondary N) is 1. The van der Waals surface area contributed by atoms with Gasteiger partial charge in [-0.15, -0.1) is 0 Å². The average Bonchev–Trinajstić information content (AvgIpc) is 3.03. The number of rotatable bonds is 14. The van der Waals surface area contributed by atoms with E-state index in [2.05, 4.69) is 34.5 Å². The number of amides is 1. The van der Waals surface area contributed by atoms with Crippen molar-refractivity contribution in [3.05, 3.63) is 131 Å². The molecule has 0 fully saturated rings. The van der Waals surface area contributed by atoms with E-state index in [9.17, 15) is 9.59 Å². The van der Waals surface area contributed by atoms with Gasteiger partial charge >= 0.3 is 12.1 Å². The van der Waals surface area contributed by atoms with E-state index in [-0.39, 0.29) is 13.2 Å². The van der Waals surface area contributed by atoms with E-state index >= 15 is 0 Å². The molecule has 0 saturated carbocycles. The molecule has 0 spiro atoms. The zero-order valence-electron chi connectivity index (χ0n) is 24.7. The Balaban J connectivity index is 1.34. The number of nitrogens with zero attached hydrogens (tertiary/aromatic N) is 1. The van der Waals surface area contributed by atoms with Crippen LogP contribution < -0.4 is 14.8 Å². The summed E-state index contributed by atoms with van der Waals surface area (Å²) >= 11 is 0. The summed E-state index contributed by atoms with van der Waals surface area (Å²) in [5.41, 5.74) is 5.35. The zero-order valence-corrected chi connectivity index (χ0v) is 24.7. The molecule has 0 radical (unpaired) electrons. The van der Waals surface area contributed by atoms with E-state index in [1.165, 1.54) is 11.1 Å². The molecule has 4 aromatic rings. The van der Waals surface area contributed by atoms with Crippen molar-refractivity contribution in [2.45, 2.75) is 19.4 Å². The van der Waals surface area contributed by atoms with Crippen molar-refractivity contribution >= 4 is 23.7 Å². The van der Waals surface area contributed by atoms with Crippen LogP contribution in [0.1, 0.15) is 28.7 Å². The molecule has 0 atom stereocenters. The summed E-state index contributed by atoms with van der Waals surface area (Å²) in [5.74, 6) is 0.727. The fraction of sp³-hybridized carbons (Fsp3) is 0.222. The van der Waals surface area contributed by atoms with Crippen LogP contribution >= 0.6 is 0 Å². The van der Waals surface area contributed by atoms with Crippen LogP contribution in [0.25, 0.3) is 11.6 Å². The first-order chi connectivity index (χ1) is 21.0. The highest BCUT2D eigenvalue weighted by molar-refractivity contribution is 5.82. The second kappa shape index (κ2) is 16.5. The van der Waals surface area contributed by atoms with Crippen LogP contribution in [0.2, 0.25) is 0 Å². The molecule has 0 aliphatic carbocycles. The third kappa shape index (κ3) is 10.8.